The van der Waals surface area contributed by atoms with E-state index >= 15 is 0 Å². The van der Waals surface area contributed by atoms with Gasteiger partial charge in [-0.05, 0) is 53.3 Å². The molecule has 4 rings (SSSR count). The van der Waals surface area contributed by atoms with Crippen molar-refractivity contribution in [2.24, 2.45) is 0 Å². The summed E-state index contributed by atoms with van der Waals surface area (Å²) < 4.78 is 11.3. The first kappa shape index (κ1) is 15.8. The van der Waals surface area contributed by atoms with Crippen LogP contribution in [0.25, 0.3) is 10.9 Å². The third kappa shape index (κ3) is 2.88. The third-order valence-electron chi connectivity index (χ3n) is 4.89. The summed E-state index contributed by atoms with van der Waals surface area (Å²) in [4.78, 5) is 14.9. The van der Waals surface area contributed by atoms with Gasteiger partial charge in [0.15, 0.2) is 11.5 Å². The van der Waals surface area contributed by atoms with Gasteiger partial charge in [-0.2, -0.15) is 0 Å². The van der Waals surface area contributed by atoms with Crippen LogP contribution in [-0.4, -0.2) is 18.2 Å². The molecule has 2 aromatic carbocycles. The largest absolute Gasteiger partial charge is 0.486 e. The normalized spacial score (nSPS) is 14.5. The van der Waals surface area contributed by atoms with Crippen molar-refractivity contribution in [3.05, 3.63) is 69.5 Å². The van der Waals surface area contributed by atoms with Crippen LogP contribution >= 0.6 is 0 Å². The molecule has 1 N–H and O–H groups in total. The minimum absolute atomic E-state index is 0.00244. The van der Waals surface area contributed by atoms with Gasteiger partial charge in [0.2, 0.25) is 0 Å². The lowest BCUT2D eigenvalue weighted by molar-refractivity contribution is 0.171. The number of rotatable bonds is 3. The molecule has 0 aliphatic carbocycles. The molecule has 3 aromatic rings. The third-order valence-corrected chi connectivity index (χ3v) is 4.89. The maximum Gasteiger partial charge on any atom is 0.251 e. The number of ether oxygens (including phenoxy) is 2. The number of hydrogen-bond acceptors (Lipinski definition) is 3. The summed E-state index contributed by atoms with van der Waals surface area (Å²) in [5.74, 6) is 1.84. The lowest BCUT2D eigenvalue weighted by Crippen LogP contribution is -2.15. The molecule has 0 spiro atoms. The highest BCUT2D eigenvalue weighted by atomic mass is 16.6. The Morgan fingerprint density at radius 1 is 1.00 bits per heavy atom. The van der Waals surface area contributed by atoms with E-state index in [1.54, 1.807) is 0 Å². The number of benzene rings is 2. The van der Waals surface area contributed by atoms with Crippen molar-refractivity contribution in [3.8, 4) is 11.5 Å². The van der Waals surface area contributed by atoms with Crippen LogP contribution in [0.3, 0.4) is 0 Å². The van der Waals surface area contributed by atoms with E-state index in [1.165, 1.54) is 11.1 Å². The highest BCUT2D eigenvalue weighted by Gasteiger charge is 2.16. The summed E-state index contributed by atoms with van der Waals surface area (Å²) in [6.45, 7) is 5.37. The van der Waals surface area contributed by atoms with Gasteiger partial charge in [-0.25, -0.2) is 0 Å². The summed E-state index contributed by atoms with van der Waals surface area (Å²) in [5, 5.41) is 1.07. The van der Waals surface area contributed by atoms with Crippen molar-refractivity contribution >= 4 is 10.9 Å². The van der Waals surface area contributed by atoms with Gasteiger partial charge in [0.1, 0.15) is 13.2 Å². The minimum Gasteiger partial charge on any atom is -0.486 e. The zero-order valence-electron chi connectivity index (χ0n) is 14.5. The van der Waals surface area contributed by atoms with Crippen LogP contribution < -0.4 is 15.0 Å². The zero-order chi connectivity index (χ0) is 17.4. The van der Waals surface area contributed by atoms with Crippen molar-refractivity contribution < 1.29 is 9.47 Å². The van der Waals surface area contributed by atoms with E-state index in [-0.39, 0.29) is 11.5 Å². The van der Waals surface area contributed by atoms with Gasteiger partial charge in [-0.15, -0.1) is 0 Å². The summed E-state index contributed by atoms with van der Waals surface area (Å²) >= 11 is 0. The molecule has 0 fully saturated rings. The second-order valence-electron chi connectivity index (χ2n) is 6.45. The van der Waals surface area contributed by atoms with Crippen LogP contribution in [-0.2, 0) is 6.42 Å². The highest BCUT2D eigenvalue weighted by molar-refractivity contribution is 5.80. The minimum atomic E-state index is 0.00244. The molecule has 4 heteroatoms. The van der Waals surface area contributed by atoms with Crippen LogP contribution in [0.15, 0.2) is 47.3 Å². The summed E-state index contributed by atoms with van der Waals surface area (Å²) in [7, 11) is 0. The van der Waals surface area contributed by atoms with Crippen molar-refractivity contribution in [3.63, 3.8) is 0 Å². The number of H-pyrrole nitrogens is 1. The van der Waals surface area contributed by atoms with E-state index in [2.05, 4.69) is 36.2 Å². The summed E-state index contributed by atoms with van der Waals surface area (Å²) in [6.07, 6.45) is 0.729. The Morgan fingerprint density at radius 3 is 2.52 bits per heavy atom. The van der Waals surface area contributed by atoms with Crippen molar-refractivity contribution in [2.45, 2.75) is 26.2 Å². The van der Waals surface area contributed by atoms with Gasteiger partial charge in [-0.1, -0.05) is 26.0 Å². The Labute approximate surface area is 146 Å². The molecule has 1 aliphatic rings. The zero-order valence-corrected chi connectivity index (χ0v) is 14.5. The smallest absolute Gasteiger partial charge is 0.251 e. The monoisotopic (exact) mass is 335 g/mol. The Balaban J connectivity index is 1.73. The van der Waals surface area contributed by atoms with E-state index in [1.807, 2.05) is 25.1 Å². The van der Waals surface area contributed by atoms with E-state index < -0.39 is 0 Å². The molecular weight excluding hydrogens is 314 g/mol. The number of nitrogens with one attached hydrogen (secondary N) is 1. The van der Waals surface area contributed by atoms with E-state index in [4.69, 9.17) is 9.47 Å². The average Bonchev–Trinajstić information content (AvgIpc) is 2.66. The van der Waals surface area contributed by atoms with Crippen molar-refractivity contribution in [1.29, 1.82) is 0 Å². The summed E-state index contributed by atoms with van der Waals surface area (Å²) in [6, 6.07) is 14.3. The molecule has 0 bridgehead atoms. The van der Waals surface area contributed by atoms with E-state index in [0.717, 1.165) is 34.4 Å². The molecule has 25 heavy (non-hydrogen) atoms. The van der Waals surface area contributed by atoms with Crippen molar-refractivity contribution in [1.82, 2.24) is 4.98 Å². The first-order valence-electron chi connectivity index (χ1n) is 8.71. The van der Waals surface area contributed by atoms with Gasteiger partial charge in [0, 0.05) is 17.0 Å². The van der Waals surface area contributed by atoms with Crippen LogP contribution in [0, 0.1) is 0 Å². The molecule has 0 saturated carbocycles. The Bertz CT molecular complexity index is 990. The number of hydrogen-bond donors (Lipinski definition) is 1. The van der Waals surface area contributed by atoms with E-state index in [9.17, 15) is 4.79 Å². The number of aromatic nitrogens is 1. The fourth-order valence-corrected chi connectivity index (χ4v) is 3.32. The maximum atomic E-state index is 12.0. The lowest BCUT2D eigenvalue weighted by atomic mass is 9.91. The van der Waals surface area contributed by atoms with E-state index in [0.29, 0.717) is 13.2 Å². The standard InChI is InChI=1S/C21H21NO3/c1-3-14-10-17-11-15(4-6-18(17)22-21(14)23)13(2)16-5-7-19-20(12-16)25-9-8-24-19/h4-7,10-13H,3,8-9H2,1-2H3,(H,22,23). The molecule has 0 amide bonds. The fourth-order valence-electron chi connectivity index (χ4n) is 3.32. The first-order valence-corrected chi connectivity index (χ1v) is 8.71. The van der Waals surface area contributed by atoms with Crippen LogP contribution in [0.2, 0.25) is 0 Å². The predicted octanol–water partition coefficient (Wildman–Crippen LogP) is 4.01. The molecule has 1 aliphatic heterocycles. The Morgan fingerprint density at radius 2 is 1.72 bits per heavy atom. The fraction of sp³-hybridized carbons (Fsp3) is 0.286. The second kappa shape index (κ2) is 6.28. The quantitative estimate of drug-likeness (QED) is 0.787. The predicted molar refractivity (Wildman–Crippen MR) is 98.9 cm³/mol. The highest BCUT2D eigenvalue weighted by Crippen LogP contribution is 2.35. The van der Waals surface area contributed by atoms with Crippen LogP contribution in [0.5, 0.6) is 11.5 Å². The van der Waals surface area contributed by atoms with Crippen LogP contribution in [0.1, 0.15) is 36.5 Å². The second-order valence-corrected chi connectivity index (χ2v) is 6.45. The number of aromatic amines is 1. The molecule has 1 aromatic heterocycles. The number of aryl methyl sites for hydroxylation is 1. The molecule has 4 nitrogen and oxygen atoms in total. The van der Waals surface area contributed by atoms with Gasteiger partial charge >= 0.3 is 0 Å². The summed E-state index contributed by atoms with van der Waals surface area (Å²) in [5.41, 5.74) is 4.08. The number of pyridine rings is 1. The Hall–Kier alpha value is -2.75. The SMILES string of the molecule is CCc1cc2cc(C(C)c3ccc4c(c3)OCCO4)ccc2[nH]c1=O. The maximum absolute atomic E-state index is 12.0. The lowest BCUT2D eigenvalue weighted by Gasteiger charge is -2.21. The van der Waals surface area contributed by atoms with Gasteiger partial charge in [-0.3, -0.25) is 4.79 Å². The molecule has 1 atom stereocenters. The average molecular weight is 335 g/mol. The Kier molecular flexibility index (Phi) is 3.96. The molecule has 0 saturated heterocycles. The number of fused-ring (bicyclic) bond motifs is 2. The van der Waals surface area contributed by atoms with Gasteiger partial charge in [0.05, 0.1) is 0 Å². The molecule has 128 valence electrons. The van der Waals surface area contributed by atoms with Crippen LogP contribution in [0.4, 0.5) is 0 Å². The van der Waals surface area contributed by atoms with Crippen molar-refractivity contribution in [2.75, 3.05) is 13.2 Å². The van der Waals surface area contributed by atoms with Gasteiger partial charge < -0.3 is 14.5 Å². The van der Waals surface area contributed by atoms with Gasteiger partial charge in [0.25, 0.3) is 5.56 Å². The topological polar surface area (TPSA) is 51.3 Å². The molecule has 1 unspecified atom stereocenters. The first-order chi connectivity index (χ1) is 12.2. The molecular formula is C21H21NO3. The molecule has 2 heterocycles. The molecule has 0 radical (unpaired) electrons.